The van der Waals surface area contributed by atoms with E-state index in [1.165, 1.54) is 24.8 Å². The van der Waals surface area contributed by atoms with Gasteiger partial charge in [0.25, 0.3) is 0 Å². The third-order valence-electron chi connectivity index (χ3n) is 4.72. The van der Waals surface area contributed by atoms with Crippen LogP contribution in [0.1, 0.15) is 49.4 Å². The van der Waals surface area contributed by atoms with Crippen LogP contribution in [0.15, 0.2) is 28.8 Å². The molecule has 0 saturated heterocycles. The standard InChI is InChI=1S/C18H24ClN3O2/c1-23-12-9-16-21-17(24-22-16)13-20-18(10-3-2-4-11-18)14-5-7-15(19)8-6-14/h5-8,20H,2-4,9-13H2,1H3. The number of ether oxygens (including phenoxy) is 1. The average Bonchev–Trinajstić information content (AvgIpc) is 3.07. The number of hydrogen-bond donors (Lipinski definition) is 1. The van der Waals surface area contributed by atoms with Crippen LogP contribution in [0.5, 0.6) is 0 Å². The Bertz CT molecular complexity index is 636. The first-order valence-corrected chi connectivity index (χ1v) is 8.91. The molecule has 0 radical (unpaired) electrons. The van der Waals surface area contributed by atoms with Gasteiger partial charge in [-0.25, -0.2) is 0 Å². The van der Waals surface area contributed by atoms with Crippen LogP contribution >= 0.6 is 11.6 Å². The lowest BCUT2D eigenvalue weighted by molar-refractivity contribution is 0.199. The van der Waals surface area contributed by atoms with E-state index in [9.17, 15) is 0 Å². The highest BCUT2D eigenvalue weighted by Crippen LogP contribution is 2.37. The van der Waals surface area contributed by atoms with E-state index in [-0.39, 0.29) is 5.54 Å². The van der Waals surface area contributed by atoms with E-state index in [4.69, 9.17) is 20.9 Å². The molecule has 1 fully saturated rings. The van der Waals surface area contributed by atoms with Gasteiger partial charge in [-0.1, -0.05) is 48.2 Å². The molecule has 0 amide bonds. The molecule has 6 heteroatoms. The van der Waals surface area contributed by atoms with Crippen molar-refractivity contribution in [2.75, 3.05) is 13.7 Å². The van der Waals surface area contributed by atoms with Gasteiger partial charge in [-0.3, -0.25) is 5.32 Å². The largest absolute Gasteiger partial charge is 0.384 e. The summed E-state index contributed by atoms with van der Waals surface area (Å²) in [7, 11) is 1.67. The molecule has 1 aromatic carbocycles. The fraction of sp³-hybridized carbons (Fsp3) is 0.556. The molecule has 24 heavy (non-hydrogen) atoms. The van der Waals surface area contributed by atoms with Gasteiger partial charge in [-0.2, -0.15) is 4.98 Å². The summed E-state index contributed by atoms with van der Waals surface area (Å²) in [4.78, 5) is 4.43. The highest BCUT2D eigenvalue weighted by atomic mass is 35.5. The first kappa shape index (κ1) is 17.4. The molecular weight excluding hydrogens is 326 g/mol. The van der Waals surface area contributed by atoms with Gasteiger partial charge in [-0.05, 0) is 30.5 Å². The predicted octanol–water partition coefficient (Wildman–Crippen LogP) is 3.86. The van der Waals surface area contributed by atoms with Gasteiger partial charge >= 0.3 is 0 Å². The minimum absolute atomic E-state index is 0.0377. The highest BCUT2D eigenvalue weighted by Gasteiger charge is 2.33. The van der Waals surface area contributed by atoms with Crippen LogP contribution in [0.2, 0.25) is 5.02 Å². The van der Waals surface area contributed by atoms with E-state index in [1.54, 1.807) is 7.11 Å². The second kappa shape index (κ2) is 8.10. The van der Waals surface area contributed by atoms with Gasteiger partial charge in [0.05, 0.1) is 13.2 Å². The van der Waals surface area contributed by atoms with Gasteiger partial charge in [0, 0.05) is 24.1 Å². The van der Waals surface area contributed by atoms with Crippen molar-refractivity contribution in [1.29, 1.82) is 0 Å². The Morgan fingerprint density at radius 2 is 1.96 bits per heavy atom. The zero-order valence-electron chi connectivity index (χ0n) is 14.1. The second-order valence-electron chi connectivity index (χ2n) is 6.35. The lowest BCUT2D eigenvalue weighted by Gasteiger charge is -2.38. The molecule has 0 unspecified atom stereocenters. The van der Waals surface area contributed by atoms with Crippen molar-refractivity contribution in [2.45, 2.75) is 50.6 Å². The SMILES string of the molecule is COCCc1noc(CNC2(c3ccc(Cl)cc3)CCCCC2)n1. The quantitative estimate of drug-likeness (QED) is 0.822. The zero-order chi connectivity index (χ0) is 16.8. The van der Waals surface area contributed by atoms with Crippen molar-refractivity contribution < 1.29 is 9.26 Å². The molecule has 1 N–H and O–H groups in total. The van der Waals surface area contributed by atoms with Crippen molar-refractivity contribution in [2.24, 2.45) is 0 Å². The van der Waals surface area contributed by atoms with E-state index < -0.39 is 0 Å². The molecule has 0 bridgehead atoms. The van der Waals surface area contributed by atoms with Gasteiger partial charge in [-0.15, -0.1) is 0 Å². The number of hydrogen-bond acceptors (Lipinski definition) is 5. The van der Waals surface area contributed by atoms with E-state index >= 15 is 0 Å². The van der Waals surface area contributed by atoms with Crippen molar-refractivity contribution >= 4 is 11.6 Å². The number of benzene rings is 1. The number of nitrogens with zero attached hydrogens (tertiary/aromatic N) is 2. The number of aromatic nitrogens is 2. The van der Waals surface area contributed by atoms with E-state index in [0.717, 1.165) is 17.9 Å². The average molecular weight is 350 g/mol. The minimum Gasteiger partial charge on any atom is -0.384 e. The van der Waals surface area contributed by atoms with Crippen LogP contribution in [0.25, 0.3) is 0 Å². The molecule has 1 aliphatic rings. The maximum absolute atomic E-state index is 6.05. The summed E-state index contributed by atoms with van der Waals surface area (Å²) in [5.74, 6) is 1.32. The molecule has 3 rings (SSSR count). The zero-order valence-corrected chi connectivity index (χ0v) is 14.8. The molecule has 1 saturated carbocycles. The smallest absolute Gasteiger partial charge is 0.240 e. The maximum atomic E-state index is 6.05. The summed E-state index contributed by atoms with van der Waals surface area (Å²) >= 11 is 6.05. The summed E-state index contributed by atoms with van der Waals surface area (Å²) in [6.07, 6.45) is 6.62. The molecule has 130 valence electrons. The Labute approximate surface area is 147 Å². The van der Waals surface area contributed by atoms with Crippen LogP contribution in [0, 0.1) is 0 Å². The number of methoxy groups -OCH3 is 1. The Kier molecular flexibility index (Phi) is 5.87. The molecule has 0 aliphatic heterocycles. The number of halogens is 1. The molecule has 0 atom stereocenters. The summed E-state index contributed by atoms with van der Waals surface area (Å²) in [5, 5.41) is 8.45. The van der Waals surface area contributed by atoms with Crippen molar-refractivity contribution in [3.05, 3.63) is 46.6 Å². The summed E-state index contributed by atoms with van der Waals surface area (Å²) in [5.41, 5.74) is 1.25. The first-order chi connectivity index (χ1) is 11.7. The highest BCUT2D eigenvalue weighted by molar-refractivity contribution is 6.30. The molecule has 2 aromatic rings. The molecule has 0 spiro atoms. The summed E-state index contributed by atoms with van der Waals surface area (Å²) in [6.45, 7) is 1.17. The van der Waals surface area contributed by atoms with Gasteiger partial charge in [0.2, 0.25) is 5.89 Å². The Morgan fingerprint density at radius 3 is 2.67 bits per heavy atom. The van der Waals surface area contributed by atoms with E-state index in [0.29, 0.717) is 31.3 Å². The monoisotopic (exact) mass is 349 g/mol. The third kappa shape index (κ3) is 4.15. The number of rotatable bonds is 7. The molecule has 5 nitrogen and oxygen atoms in total. The van der Waals surface area contributed by atoms with Crippen LogP contribution in [-0.4, -0.2) is 23.9 Å². The normalized spacial score (nSPS) is 17.1. The lowest BCUT2D eigenvalue weighted by atomic mass is 9.76. The van der Waals surface area contributed by atoms with E-state index in [2.05, 4.69) is 27.6 Å². The van der Waals surface area contributed by atoms with E-state index in [1.807, 2.05) is 12.1 Å². The lowest BCUT2D eigenvalue weighted by Crippen LogP contribution is -2.43. The van der Waals surface area contributed by atoms with Gasteiger partial charge < -0.3 is 9.26 Å². The Balaban J connectivity index is 1.70. The summed E-state index contributed by atoms with van der Waals surface area (Å²) in [6, 6.07) is 8.17. The molecule has 1 aliphatic carbocycles. The molecule has 1 heterocycles. The predicted molar refractivity (Wildman–Crippen MR) is 92.9 cm³/mol. The fourth-order valence-electron chi connectivity index (χ4n) is 3.39. The van der Waals surface area contributed by atoms with Crippen LogP contribution in [0.4, 0.5) is 0 Å². The van der Waals surface area contributed by atoms with Gasteiger partial charge in [0.15, 0.2) is 5.82 Å². The van der Waals surface area contributed by atoms with Crippen LogP contribution in [-0.2, 0) is 23.2 Å². The van der Waals surface area contributed by atoms with Gasteiger partial charge in [0.1, 0.15) is 0 Å². The Morgan fingerprint density at radius 1 is 1.21 bits per heavy atom. The third-order valence-corrected chi connectivity index (χ3v) is 4.97. The maximum Gasteiger partial charge on any atom is 0.240 e. The van der Waals surface area contributed by atoms with Crippen molar-refractivity contribution in [3.63, 3.8) is 0 Å². The molecular formula is C18H24ClN3O2. The molecule has 1 aromatic heterocycles. The topological polar surface area (TPSA) is 60.2 Å². The van der Waals surface area contributed by atoms with Crippen molar-refractivity contribution in [1.82, 2.24) is 15.5 Å². The fourth-order valence-corrected chi connectivity index (χ4v) is 3.52. The number of nitrogens with one attached hydrogen (secondary N) is 1. The Hall–Kier alpha value is -1.43. The van der Waals surface area contributed by atoms with Crippen LogP contribution < -0.4 is 5.32 Å². The minimum atomic E-state index is -0.0377. The van der Waals surface area contributed by atoms with Crippen molar-refractivity contribution in [3.8, 4) is 0 Å². The van der Waals surface area contributed by atoms with Crippen LogP contribution in [0.3, 0.4) is 0 Å². The summed E-state index contributed by atoms with van der Waals surface area (Å²) < 4.78 is 10.4. The first-order valence-electron chi connectivity index (χ1n) is 8.53. The second-order valence-corrected chi connectivity index (χ2v) is 6.79.